The number of benzene rings is 1. The highest BCUT2D eigenvalue weighted by molar-refractivity contribution is 7.12. The first kappa shape index (κ1) is 21.6. The van der Waals surface area contributed by atoms with Crippen molar-refractivity contribution in [1.82, 2.24) is 10.1 Å². The lowest BCUT2D eigenvalue weighted by atomic mass is 10.0. The van der Waals surface area contributed by atoms with Crippen LogP contribution in [0.5, 0.6) is 0 Å². The van der Waals surface area contributed by atoms with Gasteiger partial charge in [0, 0.05) is 25.2 Å². The Hall–Kier alpha value is -2.60. The van der Waals surface area contributed by atoms with Crippen molar-refractivity contribution in [2.24, 2.45) is 5.92 Å². The van der Waals surface area contributed by atoms with Crippen LogP contribution in [0.15, 0.2) is 52.4 Å². The normalized spacial score (nSPS) is 14.2. The van der Waals surface area contributed by atoms with Crippen molar-refractivity contribution in [3.05, 3.63) is 58.3 Å². The molecule has 6 heteroatoms. The van der Waals surface area contributed by atoms with Crippen molar-refractivity contribution in [2.45, 2.75) is 46.1 Å². The largest absolute Gasteiger partial charge is 0.340 e. The monoisotopic (exact) mass is 437 g/mol. The van der Waals surface area contributed by atoms with E-state index in [9.17, 15) is 4.79 Å². The second kappa shape index (κ2) is 10.1. The van der Waals surface area contributed by atoms with Crippen LogP contribution >= 0.6 is 11.3 Å². The Morgan fingerprint density at radius 2 is 1.90 bits per heavy atom. The average molecular weight is 438 g/mol. The van der Waals surface area contributed by atoms with Crippen LogP contribution in [-0.2, 0) is 6.54 Å². The second-order valence-electron chi connectivity index (χ2n) is 8.62. The molecule has 0 radical (unpaired) electrons. The molecule has 1 amide bonds. The number of hydrogen-bond acceptors (Lipinski definition) is 5. The van der Waals surface area contributed by atoms with Crippen LogP contribution in [0.1, 0.15) is 54.8 Å². The van der Waals surface area contributed by atoms with Gasteiger partial charge >= 0.3 is 0 Å². The molecule has 0 atom stereocenters. The highest BCUT2D eigenvalue weighted by atomic mass is 32.1. The number of rotatable bonds is 8. The maximum atomic E-state index is 13.4. The third-order valence-electron chi connectivity index (χ3n) is 5.80. The van der Waals surface area contributed by atoms with E-state index in [0.717, 1.165) is 59.9 Å². The molecule has 0 N–H and O–H groups in total. The molecule has 31 heavy (non-hydrogen) atoms. The number of carbonyl (C=O) groups is 1. The summed E-state index contributed by atoms with van der Waals surface area (Å²) in [5, 5.41) is 6.44. The van der Waals surface area contributed by atoms with E-state index in [1.54, 1.807) is 0 Å². The van der Waals surface area contributed by atoms with Crippen molar-refractivity contribution in [3.8, 4) is 11.3 Å². The number of thiophene rings is 1. The summed E-state index contributed by atoms with van der Waals surface area (Å²) in [7, 11) is 0. The molecule has 5 nitrogen and oxygen atoms in total. The summed E-state index contributed by atoms with van der Waals surface area (Å²) < 4.78 is 5.93. The van der Waals surface area contributed by atoms with E-state index in [4.69, 9.17) is 4.52 Å². The van der Waals surface area contributed by atoms with Gasteiger partial charge in [0.1, 0.15) is 5.69 Å². The third-order valence-corrected chi connectivity index (χ3v) is 6.66. The van der Waals surface area contributed by atoms with Gasteiger partial charge in [-0.3, -0.25) is 4.79 Å². The lowest BCUT2D eigenvalue weighted by Crippen LogP contribution is -2.34. The minimum atomic E-state index is 0.0838. The van der Waals surface area contributed by atoms with Crippen LogP contribution in [0.25, 0.3) is 11.3 Å². The van der Waals surface area contributed by atoms with E-state index in [1.807, 2.05) is 40.6 Å². The average Bonchev–Trinajstić information content (AvgIpc) is 3.47. The first-order valence-electron chi connectivity index (χ1n) is 11.2. The Bertz CT molecular complexity index is 960. The maximum absolute atomic E-state index is 13.4. The molecule has 1 aliphatic rings. The van der Waals surface area contributed by atoms with E-state index in [-0.39, 0.29) is 5.91 Å². The van der Waals surface area contributed by atoms with Crippen LogP contribution in [0.3, 0.4) is 0 Å². The minimum absolute atomic E-state index is 0.0838. The minimum Gasteiger partial charge on any atom is -0.340 e. The van der Waals surface area contributed by atoms with Crippen LogP contribution < -0.4 is 4.90 Å². The topological polar surface area (TPSA) is 49.6 Å². The number of amides is 1. The molecule has 164 valence electrons. The lowest BCUT2D eigenvalue weighted by molar-refractivity contribution is 0.0740. The van der Waals surface area contributed by atoms with Gasteiger partial charge < -0.3 is 14.3 Å². The van der Waals surface area contributed by atoms with Crippen molar-refractivity contribution < 1.29 is 9.32 Å². The zero-order valence-corrected chi connectivity index (χ0v) is 19.2. The summed E-state index contributed by atoms with van der Waals surface area (Å²) in [4.78, 5) is 18.4. The third kappa shape index (κ3) is 5.18. The number of aromatic nitrogens is 1. The van der Waals surface area contributed by atoms with Gasteiger partial charge in [0.15, 0.2) is 0 Å². The predicted octanol–water partition coefficient (Wildman–Crippen LogP) is 6.08. The maximum Gasteiger partial charge on any atom is 0.264 e. The number of nitrogens with zero attached hydrogens (tertiary/aromatic N) is 3. The van der Waals surface area contributed by atoms with Gasteiger partial charge in [-0.25, -0.2) is 0 Å². The van der Waals surface area contributed by atoms with Crippen LogP contribution in [0.4, 0.5) is 5.88 Å². The smallest absolute Gasteiger partial charge is 0.264 e. The van der Waals surface area contributed by atoms with Gasteiger partial charge in [-0.15, -0.1) is 11.3 Å². The van der Waals surface area contributed by atoms with Gasteiger partial charge in [0.2, 0.25) is 5.88 Å². The summed E-state index contributed by atoms with van der Waals surface area (Å²) in [6.45, 7) is 7.56. The molecule has 0 bridgehead atoms. The summed E-state index contributed by atoms with van der Waals surface area (Å²) in [6.07, 6.45) is 4.53. The summed E-state index contributed by atoms with van der Waals surface area (Å²) in [5.74, 6) is 1.43. The molecule has 1 saturated heterocycles. The Labute approximate surface area is 188 Å². The molecule has 1 fully saturated rings. The van der Waals surface area contributed by atoms with Gasteiger partial charge in [-0.1, -0.05) is 55.4 Å². The zero-order chi connectivity index (χ0) is 21.6. The Balaban J connectivity index is 1.70. The Morgan fingerprint density at radius 3 is 2.58 bits per heavy atom. The van der Waals surface area contributed by atoms with Crippen molar-refractivity contribution in [3.63, 3.8) is 0 Å². The Kier molecular flexibility index (Phi) is 7.07. The molecule has 0 aliphatic carbocycles. The van der Waals surface area contributed by atoms with E-state index in [0.29, 0.717) is 19.0 Å². The molecule has 3 heterocycles. The summed E-state index contributed by atoms with van der Waals surface area (Å²) in [6, 6.07) is 14.0. The first-order chi connectivity index (χ1) is 15.1. The van der Waals surface area contributed by atoms with E-state index in [2.05, 4.69) is 36.0 Å². The van der Waals surface area contributed by atoms with E-state index >= 15 is 0 Å². The quantitative estimate of drug-likeness (QED) is 0.428. The van der Waals surface area contributed by atoms with Gasteiger partial charge in [-0.05, 0) is 43.0 Å². The fourth-order valence-corrected chi connectivity index (χ4v) is 4.72. The number of carbonyl (C=O) groups excluding carboxylic acids is 1. The van der Waals surface area contributed by atoms with Crippen LogP contribution in [0, 0.1) is 5.92 Å². The molecule has 0 unspecified atom stereocenters. The number of anilines is 1. The SMILES string of the molecule is CC(C)CCN(Cc1c(-c2ccccc2)noc1N1CCCCC1)C(=O)c1cccs1. The first-order valence-corrected chi connectivity index (χ1v) is 12.1. The summed E-state index contributed by atoms with van der Waals surface area (Å²) >= 11 is 1.50. The van der Waals surface area contributed by atoms with Crippen molar-refractivity contribution in [1.29, 1.82) is 0 Å². The molecule has 1 aliphatic heterocycles. The second-order valence-corrected chi connectivity index (χ2v) is 9.56. The molecule has 4 rings (SSSR count). The van der Waals surface area contributed by atoms with Crippen molar-refractivity contribution >= 4 is 23.1 Å². The zero-order valence-electron chi connectivity index (χ0n) is 18.4. The van der Waals surface area contributed by atoms with E-state index < -0.39 is 0 Å². The van der Waals surface area contributed by atoms with Gasteiger partial charge in [-0.2, -0.15) is 0 Å². The van der Waals surface area contributed by atoms with Gasteiger partial charge in [0.25, 0.3) is 5.91 Å². The molecule has 0 saturated carbocycles. The molecule has 2 aromatic heterocycles. The van der Waals surface area contributed by atoms with E-state index in [1.165, 1.54) is 17.8 Å². The highest BCUT2D eigenvalue weighted by Gasteiger charge is 2.27. The Morgan fingerprint density at radius 1 is 1.13 bits per heavy atom. The fourth-order valence-electron chi connectivity index (χ4n) is 4.02. The fraction of sp³-hybridized carbons (Fsp3) is 0.440. The van der Waals surface area contributed by atoms with Crippen LogP contribution in [0.2, 0.25) is 0 Å². The molecular formula is C25H31N3O2S. The lowest BCUT2D eigenvalue weighted by Gasteiger charge is -2.28. The molecular weight excluding hydrogens is 406 g/mol. The van der Waals surface area contributed by atoms with Crippen molar-refractivity contribution in [2.75, 3.05) is 24.5 Å². The van der Waals surface area contributed by atoms with Crippen LogP contribution in [-0.4, -0.2) is 35.6 Å². The molecule has 1 aromatic carbocycles. The molecule has 0 spiro atoms. The standard InChI is InChI=1S/C25H31N3O2S/c1-19(2)13-16-28(24(29)22-12-9-17-31-22)18-21-23(20-10-5-3-6-11-20)26-30-25(21)27-14-7-4-8-15-27/h3,5-6,9-12,17,19H,4,7-8,13-16,18H2,1-2H3. The highest BCUT2D eigenvalue weighted by Crippen LogP contribution is 2.34. The van der Waals surface area contributed by atoms with Gasteiger partial charge in [0.05, 0.1) is 17.0 Å². The number of piperidine rings is 1. The summed E-state index contributed by atoms with van der Waals surface area (Å²) in [5.41, 5.74) is 2.88. The predicted molar refractivity (Wildman–Crippen MR) is 127 cm³/mol. The molecule has 3 aromatic rings. The number of hydrogen-bond donors (Lipinski definition) is 0.